The Kier molecular flexibility index (Phi) is 5.69. The van der Waals surface area contributed by atoms with Crippen LogP contribution in [-0.4, -0.2) is 37.6 Å². The maximum absolute atomic E-state index is 13.6. The zero-order valence-corrected chi connectivity index (χ0v) is 16.2. The fourth-order valence-corrected chi connectivity index (χ4v) is 4.65. The molecule has 1 fully saturated rings. The molecule has 3 N–H and O–H groups in total. The lowest BCUT2D eigenvalue weighted by Gasteiger charge is -2.16. The molecule has 0 unspecified atom stereocenters. The number of carbonyl (C=O) groups excluding carboxylic acids is 2. The average molecular weight is 426 g/mol. The standard InChI is InChI=1S/C18H17ClFN3O4S/c19-15-5-4-12(28(26,27)23-7-1-2-8-23)10-13(15)18(25)22-11-3-6-16(20)14(9-11)17(21)24/h3-6,9-10H,1-2,7-8H2,(H2,21,24)(H,22,25). The van der Waals surface area contributed by atoms with Gasteiger partial charge in [-0.3, -0.25) is 9.59 Å². The second kappa shape index (κ2) is 7.86. The van der Waals surface area contributed by atoms with E-state index in [0.29, 0.717) is 13.1 Å². The van der Waals surface area contributed by atoms with E-state index in [4.69, 9.17) is 17.3 Å². The number of halogens is 2. The molecule has 28 heavy (non-hydrogen) atoms. The largest absolute Gasteiger partial charge is 0.366 e. The van der Waals surface area contributed by atoms with Crippen molar-refractivity contribution in [2.75, 3.05) is 18.4 Å². The van der Waals surface area contributed by atoms with Gasteiger partial charge in [0, 0.05) is 18.8 Å². The first-order valence-electron chi connectivity index (χ1n) is 8.40. The van der Waals surface area contributed by atoms with Gasteiger partial charge in [-0.25, -0.2) is 12.8 Å². The molecule has 2 aromatic carbocycles. The number of rotatable bonds is 5. The van der Waals surface area contributed by atoms with Crippen molar-refractivity contribution in [2.45, 2.75) is 17.7 Å². The van der Waals surface area contributed by atoms with Gasteiger partial charge in [-0.05, 0) is 49.2 Å². The molecule has 0 atom stereocenters. The van der Waals surface area contributed by atoms with Gasteiger partial charge in [0.05, 0.1) is 21.0 Å². The molecule has 0 bridgehead atoms. The van der Waals surface area contributed by atoms with Crippen molar-refractivity contribution in [1.82, 2.24) is 4.31 Å². The van der Waals surface area contributed by atoms with Crippen LogP contribution in [0.3, 0.4) is 0 Å². The molecule has 0 radical (unpaired) electrons. The number of amides is 2. The molecule has 7 nitrogen and oxygen atoms in total. The summed E-state index contributed by atoms with van der Waals surface area (Å²) in [7, 11) is -3.72. The third kappa shape index (κ3) is 4.01. The summed E-state index contributed by atoms with van der Waals surface area (Å²) in [4.78, 5) is 23.8. The summed E-state index contributed by atoms with van der Waals surface area (Å²) in [5, 5.41) is 2.51. The van der Waals surface area contributed by atoms with Gasteiger partial charge in [-0.2, -0.15) is 4.31 Å². The van der Waals surface area contributed by atoms with Crippen LogP contribution in [0, 0.1) is 5.82 Å². The van der Waals surface area contributed by atoms with Gasteiger partial charge in [-0.15, -0.1) is 0 Å². The second-order valence-electron chi connectivity index (χ2n) is 6.27. The molecule has 0 saturated carbocycles. The molecule has 3 rings (SSSR count). The van der Waals surface area contributed by atoms with E-state index in [0.717, 1.165) is 25.0 Å². The average Bonchev–Trinajstić information content (AvgIpc) is 3.18. The van der Waals surface area contributed by atoms with Crippen LogP contribution in [0.2, 0.25) is 5.02 Å². The van der Waals surface area contributed by atoms with Gasteiger partial charge in [0.1, 0.15) is 5.82 Å². The quantitative estimate of drug-likeness (QED) is 0.767. The highest BCUT2D eigenvalue weighted by Gasteiger charge is 2.28. The van der Waals surface area contributed by atoms with Crippen molar-refractivity contribution >= 4 is 39.1 Å². The van der Waals surface area contributed by atoms with E-state index in [1.54, 1.807) is 0 Å². The first-order valence-corrected chi connectivity index (χ1v) is 10.2. The third-order valence-electron chi connectivity index (χ3n) is 4.37. The lowest BCUT2D eigenvalue weighted by molar-refractivity contribution is 0.0992. The third-order valence-corrected chi connectivity index (χ3v) is 6.60. The SMILES string of the molecule is NC(=O)c1cc(NC(=O)c2cc(S(=O)(=O)N3CCCC3)ccc2Cl)ccc1F. The Morgan fingerprint density at radius 3 is 2.39 bits per heavy atom. The number of carbonyl (C=O) groups is 2. The van der Waals surface area contributed by atoms with Gasteiger partial charge >= 0.3 is 0 Å². The van der Waals surface area contributed by atoms with E-state index < -0.39 is 27.7 Å². The molecule has 1 heterocycles. The van der Waals surface area contributed by atoms with E-state index >= 15 is 0 Å². The van der Waals surface area contributed by atoms with Gasteiger partial charge in [0.15, 0.2) is 0 Å². The van der Waals surface area contributed by atoms with Crippen molar-refractivity contribution in [3.05, 3.63) is 58.4 Å². The Bertz CT molecular complexity index is 1050. The van der Waals surface area contributed by atoms with Crippen LogP contribution >= 0.6 is 11.6 Å². The summed E-state index contributed by atoms with van der Waals surface area (Å²) in [6.45, 7) is 0.857. The molecule has 2 amide bonds. The Morgan fingerprint density at radius 1 is 1.07 bits per heavy atom. The van der Waals surface area contributed by atoms with Crippen molar-refractivity contribution in [3.63, 3.8) is 0 Å². The molecular formula is C18H17ClFN3O4S. The highest BCUT2D eigenvalue weighted by atomic mass is 35.5. The molecule has 1 saturated heterocycles. The number of hydrogen-bond acceptors (Lipinski definition) is 4. The van der Waals surface area contributed by atoms with Crippen molar-refractivity contribution in [1.29, 1.82) is 0 Å². The van der Waals surface area contributed by atoms with E-state index in [1.165, 1.54) is 28.6 Å². The van der Waals surface area contributed by atoms with E-state index in [1.807, 2.05) is 0 Å². The minimum atomic E-state index is -3.72. The summed E-state index contributed by atoms with van der Waals surface area (Å²) in [5.74, 6) is -2.50. The predicted molar refractivity (Wildman–Crippen MR) is 102 cm³/mol. The Balaban J connectivity index is 1.90. The smallest absolute Gasteiger partial charge is 0.257 e. The predicted octanol–water partition coefficient (Wildman–Crippen LogP) is 2.61. The fourth-order valence-electron chi connectivity index (χ4n) is 2.91. The molecule has 1 aliphatic heterocycles. The Hall–Kier alpha value is -2.49. The Morgan fingerprint density at radius 2 is 1.75 bits per heavy atom. The second-order valence-corrected chi connectivity index (χ2v) is 8.61. The summed E-state index contributed by atoms with van der Waals surface area (Å²) >= 11 is 6.07. The van der Waals surface area contributed by atoms with E-state index in [-0.39, 0.29) is 26.7 Å². The maximum Gasteiger partial charge on any atom is 0.257 e. The highest BCUT2D eigenvalue weighted by Crippen LogP contribution is 2.26. The number of sulfonamides is 1. The lowest BCUT2D eigenvalue weighted by atomic mass is 10.1. The number of nitrogens with one attached hydrogen (secondary N) is 1. The summed E-state index contributed by atoms with van der Waals surface area (Å²) < 4.78 is 40.3. The van der Waals surface area contributed by atoms with Gasteiger partial charge in [0.2, 0.25) is 10.0 Å². The zero-order valence-electron chi connectivity index (χ0n) is 14.6. The number of anilines is 1. The van der Waals surface area contributed by atoms with Crippen LogP contribution < -0.4 is 11.1 Å². The van der Waals surface area contributed by atoms with Crippen LogP contribution in [0.1, 0.15) is 33.6 Å². The molecule has 0 aromatic heterocycles. The fraction of sp³-hybridized carbons (Fsp3) is 0.222. The van der Waals surface area contributed by atoms with E-state index in [9.17, 15) is 22.4 Å². The number of nitrogens with zero attached hydrogens (tertiary/aromatic N) is 1. The van der Waals surface area contributed by atoms with Crippen LogP contribution in [-0.2, 0) is 10.0 Å². The summed E-state index contributed by atoms with van der Waals surface area (Å²) in [6, 6.07) is 7.21. The topological polar surface area (TPSA) is 110 Å². The first kappa shape index (κ1) is 20.2. The zero-order chi connectivity index (χ0) is 20.5. The monoisotopic (exact) mass is 425 g/mol. The molecule has 10 heteroatoms. The number of hydrogen-bond donors (Lipinski definition) is 2. The van der Waals surface area contributed by atoms with Crippen molar-refractivity contribution < 1.29 is 22.4 Å². The summed E-state index contributed by atoms with van der Waals surface area (Å²) in [6.07, 6.45) is 1.57. The molecule has 0 spiro atoms. The number of nitrogens with two attached hydrogens (primary N) is 1. The highest BCUT2D eigenvalue weighted by molar-refractivity contribution is 7.89. The molecular weight excluding hydrogens is 409 g/mol. The minimum absolute atomic E-state index is 0.0409. The van der Waals surface area contributed by atoms with Gasteiger partial charge < -0.3 is 11.1 Å². The maximum atomic E-state index is 13.6. The molecule has 1 aliphatic rings. The van der Waals surface area contributed by atoms with Crippen LogP contribution in [0.5, 0.6) is 0 Å². The summed E-state index contributed by atoms with van der Waals surface area (Å²) in [5.41, 5.74) is 4.76. The molecule has 148 valence electrons. The van der Waals surface area contributed by atoms with Gasteiger partial charge in [-0.1, -0.05) is 11.6 Å². The van der Waals surface area contributed by atoms with Crippen molar-refractivity contribution in [2.24, 2.45) is 5.73 Å². The van der Waals surface area contributed by atoms with E-state index in [2.05, 4.69) is 5.32 Å². The van der Waals surface area contributed by atoms with Crippen LogP contribution in [0.25, 0.3) is 0 Å². The lowest BCUT2D eigenvalue weighted by Crippen LogP contribution is -2.28. The molecule has 0 aliphatic carbocycles. The van der Waals surface area contributed by atoms with Crippen molar-refractivity contribution in [3.8, 4) is 0 Å². The number of benzene rings is 2. The normalized spacial score (nSPS) is 14.8. The van der Waals surface area contributed by atoms with Gasteiger partial charge in [0.25, 0.3) is 11.8 Å². The van der Waals surface area contributed by atoms with Crippen LogP contribution in [0.15, 0.2) is 41.3 Å². The first-order chi connectivity index (χ1) is 13.2. The Labute approximate surface area is 166 Å². The molecule has 2 aromatic rings. The number of primary amides is 1. The van der Waals surface area contributed by atoms with Crippen LogP contribution in [0.4, 0.5) is 10.1 Å². The minimum Gasteiger partial charge on any atom is -0.366 e.